The van der Waals surface area contributed by atoms with Crippen molar-refractivity contribution in [1.82, 2.24) is 10.6 Å². The summed E-state index contributed by atoms with van der Waals surface area (Å²) in [4.78, 5) is 24.7. The van der Waals surface area contributed by atoms with Gasteiger partial charge in [0.25, 0.3) is 0 Å². The first-order valence-electron chi connectivity index (χ1n) is 8.09. The summed E-state index contributed by atoms with van der Waals surface area (Å²) in [5.74, 6) is -1.93. The molecule has 140 valence electrons. The topological polar surface area (TPSA) is 99.7 Å². The van der Waals surface area contributed by atoms with E-state index >= 15 is 0 Å². The average molecular weight is 371 g/mol. The molecule has 3 rings (SSSR count). The molecular weight excluding hydrogens is 353 g/mol. The molecule has 1 aliphatic heterocycles. The summed E-state index contributed by atoms with van der Waals surface area (Å²) < 4.78 is 19.0. The summed E-state index contributed by atoms with van der Waals surface area (Å²) in [5.41, 5.74) is 0.716. The number of para-hydroxylation sites is 1. The minimum Gasteiger partial charge on any atom is -0.504 e. The molecule has 0 unspecified atom stereocenters. The number of nitrogens with one attached hydrogen (secondary N) is 3. The first kappa shape index (κ1) is 18.2. The molecule has 0 spiro atoms. The molecule has 8 heteroatoms. The lowest BCUT2D eigenvalue weighted by Crippen LogP contribution is -2.51. The van der Waals surface area contributed by atoms with Crippen LogP contribution < -0.4 is 20.7 Å². The van der Waals surface area contributed by atoms with Gasteiger partial charge in [-0.3, -0.25) is 4.79 Å². The highest BCUT2D eigenvalue weighted by Gasteiger charge is 2.38. The van der Waals surface area contributed by atoms with Crippen molar-refractivity contribution in [2.75, 3.05) is 12.4 Å². The van der Waals surface area contributed by atoms with E-state index in [4.69, 9.17) is 4.74 Å². The van der Waals surface area contributed by atoms with Crippen LogP contribution in [0.2, 0.25) is 0 Å². The Morgan fingerprint density at radius 2 is 2.04 bits per heavy atom. The highest BCUT2D eigenvalue weighted by Crippen LogP contribution is 2.35. The molecule has 2 aromatic rings. The number of halogens is 1. The van der Waals surface area contributed by atoms with Gasteiger partial charge in [-0.1, -0.05) is 24.8 Å². The number of carbonyl (C=O) groups is 2. The number of anilines is 1. The highest BCUT2D eigenvalue weighted by molar-refractivity contribution is 5.97. The zero-order chi connectivity index (χ0) is 19.6. The Bertz CT molecular complexity index is 916. The Morgan fingerprint density at radius 1 is 1.30 bits per heavy atom. The van der Waals surface area contributed by atoms with Crippen LogP contribution >= 0.6 is 0 Å². The summed E-state index contributed by atoms with van der Waals surface area (Å²) in [6.07, 6.45) is 0. The number of phenolic OH excluding ortho intramolecular Hbond substituents is 1. The summed E-state index contributed by atoms with van der Waals surface area (Å²) in [7, 11) is 1.39. The van der Waals surface area contributed by atoms with Crippen molar-refractivity contribution < 1.29 is 23.8 Å². The maximum absolute atomic E-state index is 13.9. The van der Waals surface area contributed by atoms with Gasteiger partial charge < -0.3 is 25.8 Å². The number of hydrogen-bond acceptors (Lipinski definition) is 4. The number of methoxy groups -OCH3 is 1. The molecule has 1 fully saturated rings. The molecule has 7 nitrogen and oxygen atoms in total. The van der Waals surface area contributed by atoms with Gasteiger partial charge in [-0.25, -0.2) is 9.18 Å². The molecule has 0 aliphatic carbocycles. The maximum Gasteiger partial charge on any atom is 0.319 e. The second-order valence-electron chi connectivity index (χ2n) is 5.98. The Labute approximate surface area is 154 Å². The van der Waals surface area contributed by atoms with Gasteiger partial charge in [0, 0.05) is 5.70 Å². The van der Waals surface area contributed by atoms with Gasteiger partial charge in [-0.05, 0) is 29.8 Å². The van der Waals surface area contributed by atoms with Crippen LogP contribution in [0.25, 0.3) is 0 Å². The molecule has 27 heavy (non-hydrogen) atoms. The number of phenols is 1. The number of ether oxygens (including phenoxy) is 1. The number of urea groups is 1. The third kappa shape index (κ3) is 3.69. The van der Waals surface area contributed by atoms with Crippen molar-refractivity contribution in [3.05, 3.63) is 66.1 Å². The van der Waals surface area contributed by atoms with Crippen molar-refractivity contribution in [2.24, 2.45) is 5.92 Å². The lowest BCUT2D eigenvalue weighted by atomic mass is 9.88. The van der Waals surface area contributed by atoms with E-state index in [2.05, 4.69) is 22.5 Å². The fourth-order valence-electron chi connectivity index (χ4n) is 2.93. The van der Waals surface area contributed by atoms with Gasteiger partial charge in [0.15, 0.2) is 11.5 Å². The lowest BCUT2D eigenvalue weighted by Gasteiger charge is -2.34. The van der Waals surface area contributed by atoms with Gasteiger partial charge in [0.1, 0.15) is 11.7 Å². The lowest BCUT2D eigenvalue weighted by molar-refractivity contribution is -0.119. The van der Waals surface area contributed by atoms with Crippen LogP contribution in [0.3, 0.4) is 0 Å². The van der Waals surface area contributed by atoms with E-state index in [1.807, 2.05) is 0 Å². The molecule has 3 amide bonds. The third-order valence-electron chi connectivity index (χ3n) is 4.25. The first-order valence-corrected chi connectivity index (χ1v) is 8.09. The summed E-state index contributed by atoms with van der Waals surface area (Å²) in [5, 5.41) is 17.4. The van der Waals surface area contributed by atoms with Gasteiger partial charge in [0.2, 0.25) is 5.91 Å². The minimum absolute atomic E-state index is 0.0224. The van der Waals surface area contributed by atoms with Gasteiger partial charge >= 0.3 is 6.03 Å². The quantitative estimate of drug-likeness (QED) is 0.664. The average Bonchev–Trinajstić information content (AvgIpc) is 2.63. The number of amides is 3. The smallest absolute Gasteiger partial charge is 0.319 e. The second-order valence-corrected chi connectivity index (χ2v) is 5.98. The molecule has 0 saturated carbocycles. The number of carbonyl (C=O) groups excluding carboxylic acids is 2. The zero-order valence-corrected chi connectivity index (χ0v) is 14.5. The van der Waals surface area contributed by atoms with Crippen LogP contribution in [0.1, 0.15) is 11.6 Å². The molecule has 1 aliphatic rings. The Kier molecular flexibility index (Phi) is 4.98. The Hall–Kier alpha value is -3.55. The van der Waals surface area contributed by atoms with Gasteiger partial charge in [-0.2, -0.15) is 0 Å². The monoisotopic (exact) mass is 371 g/mol. The molecule has 0 bridgehead atoms. The van der Waals surface area contributed by atoms with Crippen LogP contribution in [0.4, 0.5) is 14.9 Å². The molecule has 2 aromatic carbocycles. The predicted molar refractivity (Wildman–Crippen MR) is 96.7 cm³/mol. The molecule has 2 atom stereocenters. The number of hydrogen-bond donors (Lipinski definition) is 4. The van der Waals surface area contributed by atoms with Crippen LogP contribution in [-0.2, 0) is 4.79 Å². The Balaban J connectivity index is 1.94. The number of aromatic hydroxyl groups is 1. The second kappa shape index (κ2) is 7.36. The standard InChI is InChI=1S/C19H18FN3O4/c1-10-16(18(25)22-13-6-4-3-5-12(13)20)17(23-19(26)21-10)11-7-8-14(24)15(9-11)27-2/h3-9,16-17,24H,1H2,2H3,(H,22,25)(H2,21,23,26)/t16-,17+/m0/s1. The highest BCUT2D eigenvalue weighted by atomic mass is 19.1. The normalized spacial score (nSPS) is 19.0. The van der Waals surface area contributed by atoms with E-state index in [0.717, 1.165) is 0 Å². The van der Waals surface area contributed by atoms with Crippen molar-refractivity contribution >= 4 is 17.6 Å². The van der Waals surface area contributed by atoms with Crippen LogP contribution in [0, 0.1) is 11.7 Å². The molecular formula is C19H18FN3O4. The van der Waals surface area contributed by atoms with E-state index < -0.39 is 29.7 Å². The molecule has 1 saturated heterocycles. The molecule has 1 heterocycles. The largest absolute Gasteiger partial charge is 0.504 e. The van der Waals surface area contributed by atoms with E-state index in [-0.39, 0.29) is 22.9 Å². The van der Waals surface area contributed by atoms with Crippen molar-refractivity contribution in [3.63, 3.8) is 0 Å². The van der Waals surface area contributed by atoms with Crippen molar-refractivity contribution in [1.29, 1.82) is 0 Å². The molecule has 4 N–H and O–H groups in total. The first-order chi connectivity index (χ1) is 12.9. The minimum atomic E-state index is -0.920. The van der Waals surface area contributed by atoms with Crippen molar-refractivity contribution in [3.8, 4) is 11.5 Å². The predicted octanol–water partition coefficient (Wildman–Crippen LogP) is 2.66. The van der Waals surface area contributed by atoms with Crippen molar-refractivity contribution in [2.45, 2.75) is 6.04 Å². The fraction of sp³-hybridized carbons (Fsp3) is 0.158. The van der Waals surface area contributed by atoms with Crippen LogP contribution in [0.5, 0.6) is 11.5 Å². The summed E-state index contributed by atoms with van der Waals surface area (Å²) in [6, 6.07) is 8.94. The van der Waals surface area contributed by atoms with E-state index in [1.165, 1.54) is 37.4 Å². The zero-order valence-electron chi connectivity index (χ0n) is 14.5. The molecule has 0 radical (unpaired) electrons. The maximum atomic E-state index is 13.9. The number of benzene rings is 2. The summed E-state index contributed by atoms with van der Waals surface area (Å²) >= 11 is 0. The van der Waals surface area contributed by atoms with E-state index in [1.54, 1.807) is 12.1 Å². The number of rotatable bonds is 4. The van der Waals surface area contributed by atoms with E-state index in [0.29, 0.717) is 5.56 Å². The Morgan fingerprint density at radius 3 is 2.74 bits per heavy atom. The molecule has 0 aromatic heterocycles. The SMILES string of the molecule is C=C1NC(=O)N[C@H](c2ccc(O)c(OC)c2)[C@H]1C(=O)Nc1ccccc1F. The third-order valence-corrected chi connectivity index (χ3v) is 4.25. The van der Waals surface area contributed by atoms with Gasteiger partial charge in [-0.15, -0.1) is 0 Å². The van der Waals surface area contributed by atoms with Crippen LogP contribution in [-0.4, -0.2) is 24.2 Å². The van der Waals surface area contributed by atoms with Gasteiger partial charge in [0.05, 0.1) is 18.8 Å². The summed E-state index contributed by atoms with van der Waals surface area (Å²) in [6.45, 7) is 3.76. The fourth-order valence-corrected chi connectivity index (χ4v) is 2.93. The van der Waals surface area contributed by atoms with E-state index in [9.17, 15) is 19.1 Å². The van der Waals surface area contributed by atoms with Crippen LogP contribution in [0.15, 0.2) is 54.7 Å².